The fourth-order valence-electron chi connectivity index (χ4n) is 16.6. The predicted molar refractivity (Wildman–Crippen MR) is 478 cm³/mol. The van der Waals surface area contributed by atoms with E-state index in [1.807, 2.05) is 133 Å². The second-order valence-electron chi connectivity index (χ2n) is 30.6. The molecule has 0 saturated carbocycles. The van der Waals surface area contributed by atoms with E-state index < -0.39 is 33.5 Å². The lowest BCUT2D eigenvalue weighted by atomic mass is 9.87. The van der Waals surface area contributed by atoms with E-state index in [0.717, 1.165) is 109 Å². The number of anilines is 3. The first-order chi connectivity index (χ1) is 57.6. The molecule has 3 heterocycles. The van der Waals surface area contributed by atoms with Gasteiger partial charge in [0.25, 0.3) is 0 Å². The molecule has 0 radical (unpaired) electrons. The molecule has 0 aliphatic carbocycles. The van der Waals surface area contributed by atoms with Crippen molar-refractivity contribution in [3.05, 3.63) is 342 Å². The fraction of sp³-hybridized carbons (Fsp3) is 0.219. The Morgan fingerprint density at radius 2 is 0.592 bits per heavy atom. The van der Waals surface area contributed by atoms with E-state index in [1.165, 1.54) is 60.7 Å². The molecule has 24 heteroatoms. The first-order valence-electron chi connectivity index (χ1n) is 39.7. The minimum absolute atomic E-state index is 0.0625. The summed E-state index contributed by atoms with van der Waals surface area (Å²) in [7, 11) is -8.69. The first kappa shape index (κ1) is 87.3. The van der Waals surface area contributed by atoms with Crippen LogP contribution < -0.4 is 25.3 Å². The molecule has 120 heavy (non-hydrogen) atoms. The maximum Gasteiger partial charge on any atom is 0.356 e. The Bertz CT molecular complexity index is 5390. The molecule has 618 valence electrons. The van der Waals surface area contributed by atoms with E-state index in [4.69, 9.17) is 36.7 Å². The van der Waals surface area contributed by atoms with E-state index in [9.17, 15) is 77.6 Å². The van der Waals surface area contributed by atoms with Gasteiger partial charge in [-0.1, -0.05) is 220 Å². The summed E-state index contributed by atoms with van der Waals surface area (Å²) in [5, 5.41) is 75.5. The third-order valence-corrected chi connectivity index (χ3v) is 25.6. The highest BCUT2D eigenvalue weighted by atomic mass is 32.1. The highest BCUT2D eigenvalue weighted by Crippen LogP contribution is 2.52. The van der Waals surface area contributed by atoms with Crippen LogP contribution in [0.3, 0.4) is 0 Å². The van der Waals surface area contributed by atoms with Crippen molar-refractivity contribution in [1.29, 1.82) is 0 Å². The van der Waals surface area contributed by atoms with Gasteiger partial charge in [0.2, 0.25) is 0 Å². The third kappa shape index (κ3) is 21.4. The summed E-state index contributed by atoms with van der Waals surface area (Å²) >= 11 is 17.6. The summed E-state index contributed by atoms with van der Waals surface area (Å²) in [5.41, 5.74) is 11.7. The number of para-hydroxylation sites is 3. The molecule has 16 nitrogen and oxygen atoms in total. The summed E-state index contributed by atoms with van der Waals surface area (Å²) in [5.74, 6) is -0.128. The Hall–Kier alpha value is -10.5. The summed E-state index contributed by atoms with van der Waals surface area (Å²) in [6.45, 7) is 0. The first-order valence-corrected chi connectivity index (χ1v) is 44.1. The molecular formula is C96H92F3N3O13P2S3. The zero-order valence-electron chi connectivity index (χ0n) is 65.2. The monoisotopic (exact) mass is 1710 g/mol. The van der Waals surface area contributed by atoms with Gasteiger partial charge < -0.3 is 70.0 Å². The lowest BCUT2D eigenvalue weighted by Gasteiger charge is -2.31. The van der Waals surface area contributed by atoms with Crippen molar-refractivity contribution in [1.82, 2.24) is 0 Å². The van der Waals surface area contributed by atoms with Crippen molar-refractivity contribution < 1.29 is 77.6 Å². The average Bonchev–Trinajstić information content (AvgIpc) is 1.61. The minimum atomic E-state index is -4.34. The zero-order chi connectivity index (χ0) is 84.9. The Balaban J connectivity index is 0.000000156. The van der Waals surface area contributed by atoms with Gasteiger partial charge in [0.1, 0.15) is 40.4 Å². The van der Waals surface area contributed by atoms with Gasteiger partial charge in [-0.2, -0.15) is 0 Å². The van der Waals surface area contributed by atoms with Crippen LogP contribution in [0, 0.1) is 35.2 Å². The van der Waals surface area contributed by atoms with Gasteiger partial charge in [0.05, 0.1) is 62.0 Å². The molecule has 3 saturated heterocycles. The van der Waals surface area contributed by atoms with Crippen LogP contribution in [-0.4, -0.2) is 70.3 Å². The molecule has 15 rings (SSSR count). The molecular weight excluding hydrogens is 1620 g/mol. The number of thiocarbonyl (C=S) groups is 3. The molecule has 9 atom stereocenters. The summed E-state index contributed by atoms with van der Waals surface area (Å²) < 4.78 is 62.9. The van der Waals surface area contributed by atoms with Crippen molar-refractivity contribution in [2.45, 2.75) is 113 Å². The second-order valence-corrected chi connectivity index (χ2v) is 35.2. The number of phenolic OH excluding ortho intramolecular Hbond substituents is 4. The number of nitrogens with zero attached hydrogens (tertiary/aromatic N) is 3. The van der Waals surface area contributed by atoms with Gasteiger partial charge in [-0.3, -0.25) is 9.13 Å². The van der Waals surface area contributed by atoms with E-state index in [0.29, 0.717) is 66.3 Å². The molecule has 11 N–H and O–H groups in total. The number of hydrogen-bond donors (Lipinski definition) is 11. The van der Waals surface area contributed by atoms with Gasteiger partial charge in [0.15, 0.2) is 0 Å². The molecule has 4 unspecified atom stereocenters. The Kier molecular flexibility index (Phi) is 28.6. The minimum Gasteiger partial charge on any atom is -0.508 e. The smallest absolute Gasteiger partial charge is 0.356 e. The van der Waals surface area contributed by atoms with Crippen LogP contribution >= 0.6 is 51.8 Å². The molecule has 3 aliphatic heterocycles. The standard InChI is InChI=1S/2C32H31FNO5PS.C32H30FNO3S/c2*33-25-14-9-22(10-15-25)29(35)8-4-5-24-20-31(41)34(26-6-2-1-3-7-26)32(24)28-18-13-23(19-30(28)36)21-11-16-27(17-12-21)40(37,38)39;33-25-15-12-21(13-16-25)29(36)11-5-7-24-20-31(38)34(26-8-2-1-3-9-26)32(24)28-17-14-23(19-30(28)37)22-6-4-10-27(35)18-22/h2*1-3,6-7,9-19,24,29,32,35-36H,4-5,8,20H2,(H2,37,38,39);1-4,6,8-10,12-19,24,29,32,35-37H,5,7,11,20H2/t24-,29?,32-;;24-,29+,32-/m0.0/s1. The molecule has 12 aromatic carbocycles. The van der Waals surface area contributed by atoms with Crippen molar-refractivity contribution in [2.75, 3.05) is 14.7 Å². The van der Waals surface area contributed by atoms with Gasteiger partial charge in [-0.15, -0.1) is 0 Å². The Morgan fingerprint density at radius 3 is 0.858 bits per heavy atom. The predicted octanol–water partition coefficient (Wildman–Crippen LogP) is 21.3. The number of aliphatic hydroxyl groups excluding tert-OH is 3. The molecule has 0 amide bonds. The van der Waals surface area contributed by atoms with Crippen LogP contribution in [0.1, 0.15) is 147 Å². The van der Waals surface area contributed by atoms with Crippen LogP contribution in [0.25, 0.3) is 33.4 Å². The summed E-state index contributed by atoms with van der Waals surface area (Å²) in [4.78, 5) is 46.3. The molecule has 0 spiro atoms. The van der Waals surface area contributed by atoms with E-state index in [2.05, 4.69) is 14.7 Å². The Morgan fingerprint density at radius 1 is 0.325 bits per heavy atom. The maximum atomic E-state index is 13.3. The van der Waals surface area contributed by atoms with Crippen molar-refractivity contribution in [3.63, 3.8) is 0 Å². The van der Waals surface area contributed by atoms with Crippen LogP contribution in [0.4, 0.5) is 30.2 Å². The highest BCUT2D eigenvalue weighted by Gasteiger charge is 2.44. The van der Waals surface area contributed by atoms with Crippen LogP contribution in [-0.2, 0) is 9.13 Å². The molecule has 0 aromatic heterocycles. The number of benzene rings is 12. The third-order valence-electron chi connectivity index (χ3n) is 22.6. The largest absolute Gasteiger partial charge is 0.508 e. The molecule has 3 fully saturated rings. The quantitative estimate of drug-likeness (QED) is 0.0178. The van der Waals surface area contributed by atoms with Crippen LogP contribution in [0.2, 0.25) is 0 Å². The Labute approximate surface area is 711 Å². The summed E-state index contributed by atoms with van der Waals surface area (Å²) in [6, 6.07) is 82.4. The zero-order valence-corrected chi connectivity index (χ0v) is 69.5. The van der Waals surface area contributed by atoms with Gasteiger partial charge in [-0.25, -0.2) is 13.2 Å². The number of aliphatic hydroxyl groups is 3. The number of hydrogen-bond acceptors (Lipinski definition) is 12. The lowest BCUT2D eigenvalue weighted by molar-refractivity contribution is 0.160. The number of phenols is 4. The van der Waals surface area contributed by atoms with E-state index >= 15 is 0 Å². The molecule has 0 bridgehead atoms. The average molecular weight is 1710 g/mol. The normalized spacial score (nSPS) is 18.1. The van der Waals surface area contributed by atoms with E-state index in [1.54, 1.807) is 97.1 Å². The number of rotatable bonds is 26. The fourth-order valence-corrected chi connectivity index (χ4v) is 19.0. The number of halogens is 3. The van der Waals surface area contributed by atoms with E-state index in [-0.39, 0.29) is 86.9 Å². The van der Waals surface area contributed by atoms with Crippen LogP contribution in [0.15, 0.2) is 291 Å². The van der Waals surface area contributed by atoms with Gasteiger partial charge >= 0.3 is 15.2 Å². The maximum absolute atomic E-state index is 13.3. The van der Waals surface area contributed by atoms with Crippen molar-refractivity contribution in [3.8, 4) is 56.4 Å². The topological polar surface area (TPSA) is 266 Å². The van der Waals surface area contributed by atoms with Crippen molar-refractivity contribution in [2.24, 2.45) is 17.8 Å². The van der Waals surface area contributed by atoms with Gasteiger partial charge in [0, 0.05) is 53.0 Å². The second kappa shape index (κ2) is 39.3. The molecule has 12 aromatic rings. The number of aromatic hydroxyl groups is 4. The highest BCUT2D eigenvalue weighted by molar-refractivity contribution is 7.81. The van der Waals surface area contributed by atoms with Crippen molar-refractivity contribution >= 4 is 94.5 Å². The molecule has 3 aliphatic rings. The summed E-state index contributed by atoms with van der Waals surface area (Å²) in [6.07, 6.45) is 6.07. The van der Waals surface area contributed by atoms with Crippen LogP contribution in [0.5, 0.6) is 23.0 Å². The SMILES string of the molecule is O=P(O)(O)c1ccc(-c2ccc(C3C(CCCC(O)c4ccc(F)cc4)CC(=S)N3c3ccccc3)c(O)c2)cc1.O=P(O)(O)c1ccc(-c2ccc([C@@H]3[C@@H](CCCC(O)c4ccc(F)cc4)CC(=S)N3c3ccccc3)c(O)c2)cc1.Oc1cccc(-c2ccc([C@@H]3[C@@H](CCC[C@@H](O)c4ccc(F)cc4)CC(=S)N3c3ccccc3)c(O)c2)c1. The van der Waals surface area contributed by atoms with Gasteiger partial charge in [-0.05, 0) is 234 Å². The lowest BCUT2D eigenvalue weighted by Crippen LogP contribution is -2.28.